The average molecular weight is 300 g/mol. The largest absolute Gasteiger partial charge is 0.367 e. The Kier molecular flexibility index (Phi) is 12.1. The van der Waals surface area contributed by atoms with Gasteiger partial charge in [-0.05, 0) is 6.42 Å². The van der Waals surface area contributed by atoms with Gasteiger partial charge in [0.1, 0.15) is 0 Å². The van der Waals surface area contributed by atoms with E-state index >= 15 is 0 Å². The Bertz CT molecular complexity index is 322. The first-order valence-corrected chi connectivity index (χ1v) is 7.21. The van der Waals surface area contributed by atoms with Gasteiger partial charge in [-0.3, -0.25) is 10.2 Å². The zero-order chi connectivity index (χ0) is 15.9. The van der Waals surface area contributed by atoms with Gasteiger partial charge in [0.25, 0.3) is 0 Å². The predicted octanol–water partition coefficient (Wildman–Crippen LogP) is 1.41. The number of hydrogen-bond acceptors (Lipinski definition) is 4. The summed E-state index contributed by atoms with van der Waals surface area (Å²) in [5.41, 5.74) is 13.3. The minimum absolute atomic E-state index is 0.0602. The normalized spacial score (nSPS) is 11.2. The van der Waals surface area contributed by atoms with Crippen molar-refractivity contribution in [3.05, 3.63) is 12.7 Å². The summed E-state index contributed by atoms with van der Waals surface area (Å²) in [5.74, 6) is -0.413. The molecule has 0 heterocycles. The summed E-state index contributed by atoms with van der Waals surface area (Å²) < 4.78 is 0. The van der Waals surface area contributed by atoms with E-state index in [0.717, 1.165) is 18.0 Å². The van der Waals surface area contributed by atoms with Crippen molar-refractivity contribution in [2.75, 3.05) is 13.2 Å². The first-order valence-electron chi connectivity index (χ1n) is 7.21. The van der Waals surface area contributed by atoms with Crippen molar-refractivity contribution in [2.45, 2.75) is 45.4 Å². The first-order chi connectivity index (χ1) is 10.1. The Hall–Kier alpha value is -1.80. The van der Waals surface area contributed by atoms with E-state index in [4.69, 9.17) is 26.6 Å². The molecule has 0 atom stereocenters. The topological polar surface area (TPSA) is 122 Å². The molecule has 0 aromatic heterocycles. The van der Waals surface area contributed by atoms with Crippen molar-refractivity contribution in [3.8, 4) is 0 Å². The van der Waals surface area contributed by atoms with Crippen LogP contribution in [0.25, 0.3) is 0 Å². The maximum atomic E-state index is 7.36. The van der Waals surface area contributed by atoms with E-state index in [-0.39, 0.29) is 18.5 Å². The van der Waals surface area contributed by atoms with Gasteiger partial charge in [0.2, 0.25) is 11.9 Å². The van der Waals surface area contributed by atoms with Gasteiger partial charge in [0.15, 0.2) is 0 Å². The second kappa shape index (κ2) is 13.2. The van der Waals surface area contributed by atoms with Crippen LogP contribution >= 0.6 is 0 Å². The summed E-state index contributed by atoms with van der Waals surface area (Å²) in [6.07, 6.45) is 8.41. The molecular formula is C13H28N6O2. The van der Waals surface area contributed by atoms with Crippen LogP contribution in [-0.2, 0) is 9.68 Å². The van der Waals surface area contributed by atoms with Crippen molar-refractivity contribution in [1.29, 1.82) is 5.41 Å². The van der Waals surface area contributed by atoms with Crippen molar-refractivity contribution in [2.24, 2.45) is 16.6 Å². The van der Waals surface area contributed by atoms with Crippen molar-refractivity contribution >= 4 is 11.9 Å². The molecule has 21 heavy (non-hydrogen) atoms. The molecule has 0 fully saturated rings. The second-order valence-corrected chi connectivity index (χ2v) is 4.45. The fraction of sp³-hybridized carbons (Fsp3) is 0.692. The molecule has 0 bridgehead atoms. The smallest absolute Gasteiger partial charge is 0.238 e. The summed E-state index contributed by atoms with van der Waals surface area (Å²) in [7, 11) is 0. The standard InChI is InChI=1S/C13H28N6O2/c1-3-5-6-7-8-9-11-21-19(12(14)15)17-13(16)18-20-10-4-2/h4H,2-3,5-11H2,1H3,(H3,14,15)(H3,16,17,18). The Morgan fingerprint density at radius 1 is 1.29 bits per heavy atom. The van der Waals surface area contributed by atoms with E-state index in [1.54, 1.807) is 6.08 Å². The molecule has 0 aliphatic heterocycles. The van der Waals surface area contributed by atoms with Crippen LogP contribution in [0.2, 0.25) is 0 Å². The lowest BCUT2D eigenvalue weighted by atomic mass is 10.1. The number of nitrogens with zero attached hydrogens (tertiary/aromatic N) is 2. The van der Waals surface area contributed by atoms with Crippen LogP contribution in [0.5, 0.6) is 0 Å². The summed E-state index contributed by atoms with van der Waals surface area (Å²) in [6, 6.07) is 0. The molecule has 122 valence electrons. The molecule has 6 N–H and O–H groups in total. The van der Waals surface area contributed by atoms with Gasteiger partial charge < -0.3 is 11.5 Å². The quantitative estimate of drug-likeness (QED) is 0.142. The molecule has 0 aromatic rings. The molecule has 0 aliphatic rings. The van der Waals surface area contributed by atoms with Gasteiger partial charge in [-0.15, -0.1) is 11.7 Å². The fourth-order valence-corrected chi connectivity index (χ4v) is 1.48. The van der Waals surface area contributed by atoms with Gasteiger partial charge in [-0.25, -0.2) is 10.3 Å². The van der Waals surface area contributed by atoms with Crippen LogP contribution in [0.3, 0.4) is 0 Å². The molecule has 0 spiro atoms. The molecule has 8 heteroatoms. The number of rotatable bonds is 12. The number of hydroxylamine groups is 2. The third-order valence-electron chi connectivity index (χ3n) is 2.49. The lowest BCUT2D eigenvalue weighted by Gasteiger charge is -2.16. The van der Waals surface area contributed by atoms with E-state index in [2.05, 4.69) is 24.1 Å². The third kappa shape index (κ3) is 11.7. The highest BCUT2D eigenvalue weighted by Crippen LogP contribution is 2.05. The number of nitrogens with two attached hydrogens (primary N) is 2. The highest BCUT2D eigenvalue weighted by molar-refractivity contribution is 5.80. The van der Waals surface area contributed by atoms with Gasteiger partial charge >= 0.3 is 0 Å². The minimum Gasteiger partial charge on any atom is -0.367 e. The SMILES string of the molecule is C=CCONC(N)=NN(OCCCCCCCC)C(=N)N. The molecule has 0 radical (unpaired) electrons. The van der Waals surface area contributed by atoms with Crippen LogP contribution in [-0.4, -0.2) is 30.3 Å². The zero-order valence-corrected chi connectivity index (χ0v) is 12.8. The van der Waals surface area contributed by atoms with Crippen LogP contribution in [0.1, 0.15) is 45.4 Å². The lowest BCUT2D eigenvalue weighted by molar-refractivity contribution is -0.103. The van der Waals surface area contributed by atoms with E-state index < -0.39 is 0 Å². The molecule has 0 aromatic carbocycles. The van der Waals surface area contributed by atoms with Crippen molar-refractivity contribution in [1.82, 2.24) is 10.7 Å². The van der Waals surface area contributed by atoms with Gasteiger partial charge in [0.05, 0.1) is 13.2 Å². The molecule has 0 amide bonds. The van der Waals surface area contributed by atoms with Crippen molar-refractivity contribution < 1.29 is 9.68 Å². The summed E-state index contributed by atoms with van der Waals surface area (Å²) >= 11 is 0. The van der Waals surface area contributed by atoms with E-state index in [9.17, 15) is 0 Å². The Morgan fingerprint density at radius 2 is 1.95 bits per heavy atom. The molecule has 8 nitrogen and oxygen atoms in total. The number of unbranched alkanes of at least 4 members (excludes halogenated alkanes) is 5. The maximum Gasteiger partial charge on any atom is 0.238 e. The van der Waals surface area contributed by atoms with E-state index in [0.29, 0.717) is 6.61 Å². The number of nitrogens with one attached hydrogen (secondary N) is 2. The van der Waals surface area contributed by atoms with Crippen molar-refractivity contribution in [3.63, 3.8) is 0 Å². The van der Waals surface area contributed by atoms with E-state index in [1.165, 1.54) is 25.7 Å². The average Bonchev–Trinajstić information content (AvgIpc) is 2.45. The highest BCUT2D eigenvalue weighted by Gasteiger charge is 2.07. The van der Waals surface area contributed by atoms with Gasteiger partial charge in [-0.1, -0.05) is 50.3 Å². The zero-order valence-electron chi connectivity index (χ0n) is 12.8. The molecular weight excluding hydrogens is 272 g/mol. The monoisotopic (exact) mass is 300 g/mol. The Labute approximate surface area is 126 Å². The van der Waals surface area contributed by atoms with Crippen LogP contribution in [0, 0.1) is 5.41 Å². The number of guanidine groups is 2. The highest BCUT2D eigenvalue weighted by atomic mass is 16.7. The summed E-state index contributed by atoms with van der Waals surface area (Å²) in [6.45, 7) is 6.37. The van der Waals surface area contributed by atoms with Crippen LogP contribution in [0.4, 0.5) is 0 Å². The number of hydrogen-bond donors (Lipinski definition) is 4. The predicted molar refractivity (Wildman–Crippen MR) is 84.0 cm³/mol. The maximum absolute atomic E-state index is 7.36. The van der Waals surface area contributed by atoms with Crippen LogP contribution < -0.4 is 16.9 Å². The second-order valence-electron chi connectivity index (χ2n) is 4.45. The molecule has 0 unspecified atom stereocenters. The summed E-state index contributed by atoms with van der Waals surface area (Å²) in [4.78, 5) is 10.2. The first kappa shape index (κ1) is 19.2. The fourth-order valence-electron chi connectivity index (χ4n) is 1.48. The molecule has 0 saturated heterocycles. The van der Waals surface area contributed by atoms with Gasteiger partial charge in [0, 0.05) is 0 Å². The van der Waals surface area contributed by atoms with Crippen LogP contribution in [0.15, 0.2) is 17.8 Å². The number of hydrazone groups is 1. The lowest BCUT2D eigenvalue weighted by Crippen LogP contribution is -2.39. The van der Waals surface area contributed by atoms with Gasteiger partial charge in [-0.2, -0.15) is 0 Å². The third-order valence-corrected chi connectivity index (χ3v) is 2.49. The Morgan fingerprint density at radius 3 is 2.57 bits per heavy atom. The molecule has 0 aliphatic carbocycles. The molecule has 0 rings (SSSR count). The summed E-state index contributed by atoms with van der Waals surface area (Å²) in [5, 5.41) is 12.0. The van der Waals surface area contributed by atoms with E-state index in [1.807, 2.05) is 0 Å². The molecule has 0 saturated carbocycles. The minimum atomic E-state index is -0.352. The Balaban J connectivity index is 3.93.